The van der Waals surface area contributed by atoms with Crippen LogP contribution >= 0.6 is 0 Å². The van der Waals surface area contributed by atoms with Crippen molar-refractivity contribution in [1.82, 2.24) is 4.98 Å². The average Bonchev–Trinajstić information content (AvgIpc) is 3.02. The lowest BCUT2D eigenvalue weighted by Gasteiger charge is -2.32. The van der Waals surface area contributed by atoms with Crippen LogP contribution in [0.5, 0.6) is 5.75 Å². The summed E-state index contributed by atoms with van der Waals surface area (Å²) in [5, 5.41) is 2.33. The molecule has 13 heteroatoms. The summed E-state index contributed by atoms with van der Waals surface area (Å²) in [7, 11) is -2.08. The molecule has 7 nitrogen and oxygen atoms in total. The van der Waals surface area contributed by atoms with Crippen molar-refractivity contribution in [2.45, 2.75) is 42.7 Å². The lowest BCUT2D eigenvalue weighted by Crippen LogP contribution is -2.47. The summed E-state index contributed by atoms with van der Waals surface area (Å²) in [6, 6.07) is 4.32. The lowest BCUT2D eigenvalue weighted by atomic mass is 9.77. The molecule has 0 aliphatic carbocycles. The molecule has 0 unspecified atom stereocenters. The maximum atomic E-state index is 14.4. The van der Waals surface area contributed by atoms with Gasteiger partial charge in [0.1, 0.15) is 11.1 Å². The fraction of sp³-hybridized carbons (Fsp3) is 0.429. The zero-order valence-electron chi connectivity index (χ0n) is 18.5. The second-order valence-corrected chi connectivity index (χ2v) is 10.3. The summed E-state index contributed by atoms with van der Waals surface area (Å²) in [6.07, 6.45) is -4.39. The Balaban J connectivity index is 2.04. The third kappa shape index (κ3) is 4.45. The van der Waals surface area contributed by atoms with E-state index in [0.717, 1.165) is 38.6 Å². The molecule has 2 N–H and O–H groups in total. The fourth-order valence-corrected chi connectivity index (χ4v) is 4.52. The van der Waals surface area contributed by atoms with Gasteiger partial charge in [-0.05, 0) is 25.1 Å². The molecule has 1 saturated heterocycles. The van der Waals surface area contributed by atoms with Gasteiger partial charge in [0.2, 0.25) is 5.82 Å². The molecule has 0 radical (unpaired) electrons. The second-order valence-electron chi connectivity index (χ2n) is 8.16. The van der Waals surface area contributed by atoms with E-state index < -0.39 is 62.7 Å². The van der Waals surface area contributed by atoms with Crippen LogP contribution in [-0.4, -0.2) is 46.3 Å². The van der Waals surface area contributed by atoms with Gasteiger partial charge in [-0.2, -0.15) is 17.6 Å². The summed E-state index contributed by atoms with van der Waals surface area (Å²) in [5.74, 6) is -7.02. The average molecular weight is 507 g/mol. The molecule has 2 aromatic rings. The first-order valence-electron chi connectivity index (χ1n) is 9.89. The number of rotatable bonds is 5. The van der Waals surface area contributed by atoms with Gasteiger partial charge in [0.25, 0.3) is 5.91 Å². The Morgan fingerprint density at radius 3 is 2.41 bits per heavy atom. The largest absolute Gasteiger partial charge is 0.493 e. The predicted molar refractivity (Wildman–Crippen MR) is 112 cm³/mol. The number of aromatic nitrogens is 1. The number of hydrogen-bond acceptors (Lipinski definition) is 6. The SMILES string of the molecule is COc1c([C@H]2[C@H](C(=O)Nc3ccc([S@](C)(=N)=O)nc3)O[C@@](C)(C(F)(F)F)[C@H]2C)ccc(F)c1F. The highest BCUT2D eigenvalue weighted by Crippen LogP contribution is 2.55. The van der Waals surface area contributed by atoms with Crippen LogP contribution in [0.3, 0.4) is 0 Å². The Kier molecular flexibility index (Phi) is 6.66. The monoisotopic (exact) mass is 507 g/mol. The highest BCUT2D eigenvalue weighted by molar-refractivity contribution is 7.91. The van der Waals surface area contributed by atoms with Crippen LogP contribution in [0.2, 0.25) is 0 Å². The van der Waals surface area contributed by atoms with Gasteiger partial charge < -0.3 is 14.8 Å². The molecule has 1 fully saturated rings. The quantitative estimate of drug-likeness (QED) is 0.581. The van der Waals surface area contributed by atoms with Crippen LogP contribution in [0.25, 0.3) is 0 Å². The first kappa shape index (κ1) is 25.8. The molecule has 2 heterocycles. The van der Waals surface area contributed by atoms with E-state index in [4.69, 9.17) is 14.3 Å². The predicted octanol–water partition coefficient (Wildman–Crippen LogP) is 4.48. The molecular formula is C21H22F5N3O4S. The molecule has 1 amide bonds. The van der Waals surface area contributed by atoms with E-state index in [2.05, 4.69) is 10.3 Å². The highest BCUT2D eigenvalue weighted by Gasteiger charge is 2.65. The second kappa shape index (κ2) is 8.77. The molecule has 1 aromatic carbocycles. The van der Waals surface area contributed by atoms with Gasteiger partial charge in [-0.15, -0.1) is 0 Å². The molecule has 3 rings (SSSR count). The van der Waals surface area contributed by atoms with Gasteiger partial charge in [0.15, 0.2) is 17.2 Å². The van der Waals surface area contributed by atoms with Crippen molar-refractivity contribution in [3.63, 3.8) is 0 Å². The van der Waals surface area contributed by atoms with Crippen LogP contribution < -0.4 is 10.1 Å². The van der Waals surface area contributed by atoms with Crippen LogP contribution in [0.4, 0.5) is 27.6 Å². The fourth-order valence-electron chi connectivity index (χ4n) is 3.94. The maximum Gasteiger partial charge on any atom is 0.417 e. The van der Waals surface area contributed by atoms with E-state index in [1.54, 1.807) is 0 Å². The number of carbonyl (C=O) groups is 1. The summed E-state index contributed by atoms with van der Waals surface area (Å²) in [6.45, 7) is 1.99. The molecule has 34 heavy (non-hydrogen) atoms. The first-order chi connectivity index (χ1) is 15.6. The Bertz CT molecular complexity index is 1200. The molecule has 5 atom stereocenters. The molecular weight excluding hydrogens is 485 g/mol. The number of benzene rings is 1. The Morgan fingerprint density at radius 1 is 1.26 bits per heavy atom. The number of hydrogen-bond donors (Lipinski definition) is 2. The Hall–Kier alpha value is -2.80. The van der Waals surface area contributed by atoms with Crippen LogP contribution in [0, 0.1) is 22.3 Å². The third-order valence-corrected chi connectivity index (χ3v) is 7.01. The topological polar surface area (TPSA) is 101 Å². The number of nitrogens with zero attached hydrogens (tertiary/aromatic N) is 1. The minimum Gasteiger partial charge on any atom is -0.493 e. The molecule has 0 bridgehead atoms. The standard InChI is InChI=1S/C21H22F5N3O4S/c1-10-15(12-6-7-13(22)16(23)17(12)32-3)18(33-20(10,2)21(24,25)26)19(30)29-11-5-8-14(28-9-11)34(4,27)31/h5-10,15,18,27H,1-4H3,(H,29,30)/t10-,15-,18+,20+,34+/m0/s1. The number of pyridine rings is 1. The summed E-state index contributed by atoms with van der Waals surface area (Å²) < 4.78 is 99.5. The van der Waals surface area contributed by atoms with Crippen molar-refractivity contribution >= 4 is 21.3 Å². The molecule has 1 aliphatic heterocycles. The number of amides is 1. The summed E-state index contributed by atoms with van der Waals surface area (Å²) in [4.78, 5) is 16.9. The van der Waals surface area contributed by atoms with Gasteiger partial charge >= 0.3 is 6.18 Å². The van der Waals surface area contributed by atoms with E-state index in [9.17, 15) is 31.0 Å². The Labute approximate surface area is 192 Å². The molecule has 0 saturated carbocycles. The van der Waals surface area contributed by atoms with Gasteiger partial charge in [-0.3, -0.25) is 4.79 Å². The summed E-state index contributed by atoms with van der Waals surface area (Å²) in [5.41, 5.74) is -2.89. The lowest BCUT2D eigenvalue weighted by molar-refractivity contribution is -0.272. The molecule has 1 aromatic heterocycles. The highest BCUT2D eigenvalue weighted by atomic mass is 32.2. The molecule has 0 spiro atoms. The van der Waals surface area contributed by atoms with Gasteiger partial charge in [-0.25, -0.2) is 18.4 Å². The minimum atomic E-state index is -4.88. The van der Waals surface area contributed by atoms with Gasteiger partial charge in [0, 0.05) is 23.7 Å². The normalized spacial score (nSPS) is 26.7. The number of methoxy groups -OCH3 is 1. The number of nitrogens with one attached hydrogen (secondary N) is 2. The maximum absolute atomic E-state index is 14.4. The van der Waals surface area contributed by atoms with E-state index in [1.807, 2.05) is 0 Å². The van der Waals surface area contributed by atoms with Crippen molar-refractivity contribution in [2.24, 2.45) is 5.92 Å². The van der Waals surface area contributed by atoms with E-state index in [0.29, 0.717) is 0 Å². The number of carbonyl (C=O) groups excluding carboxylic acids is 1. The van der Waals surface area contributed by atoms with Crippen LogP contribution in [0.15, 0.2) is 35.5 Å². The van der Waals surface area contributed by atoms with Gasteiger partial charge in [0.05, 0.1) is 28.7 Å². The zero-order valence-corrected chi connectivity index (χ0v) is 19.3. The Morgan fingerprint density at radius 2 is 1.91 bits per heavy atom. The number of alkyl halides is 3. The number of anilines is 1. The number of ether oxygens (including phenoxy) is 2. The first-order valence-corrected chi connectivity index (χ1v) is 11.9. The van der Waals surface area contributed by atoms with Crippen molar-refractivity contribution in [1.29, 1.82) is 4.78 Å². The van der Waals surface area contributed by atoms with Crippen molar-refractivity contribution in [2.75, 3.05) is 18.7 Å². The molecule has 186 valence electrons. The van der Waals surface area contributed by atoms with Crippen LogP contribution in [0.1, 0.15) is 25.3 Å². The van der Waals surface area contributed by atoms with E-state index in [1.165, 1.54) is 19.1 Å². The smallest absolute Gasteiger partial charge is 0.417 e. The third-order valence-electron chi connectivity index (χ3n) is 5.97. The zero-order chi connectivity index (χ0) is 25.6. The summed E-state index contributed by atoms with van der Waals surface area (Å²) >= 11 is 0. The van der Waals surface area contributed by atoms with Crippen molar-refractivity contribution < 1.29 is 40.4 Å². The number of halogens is 5. The minimum absolute atomic E-state index is 0.0465. The van der Waals surface area contributed by atoms with Gasteiger partial charge in [-0.1, -0.05) is 13.0 Å². The van der Waals surface area contributed by atoms with Crippen LogP contribution in [-0.2, 0) is 19.3 Å². The van der Waals surface area contributed by atoms with E-state index >= 15 is 0 Å². The molecule has 1 aliphatic rings. The van der Waals surface area contributed by atoms with E-state index in [-0.39, 0.29) is 16.3 Å². The van der Waals surface area contributed by atoms with Crippen molar-refractivity contribution in [3.05, 3.63) is 47.7 Å². The van der Waals surface area contributed by atoms with Crippen molar-refractivity contribution in [3.8, 4) is 5.75 Å².